The number of amides is 1. The number of allylic oxidation sites excluding steroid dienone is 11. The number of esters is 1. The summed E-state index contributed by atoms with van der Waals surface area (Å²) in [4.78, 5) is 38.0. The first-order chi connectivity index (χ1) is 44.4. The molecule has 0 aromatic carbocycles. The van der Waals surface area contributed by atoms with E-state index < -0.39 is 20.0 Å². The van der Waals surface area contributed by atoms with Gasteiger partial charge in [-0.1, -0.05) is 364 Å². The summed E-state index contributed by atoms with van der Waals surface area (Å²) in [7, 11) is 1.50. The number of hydrogen-bond acceptors (Lipinski definition) is 6. The quantitative estimate of drug-likeness (QED) is 0.0205. The number of quaternary nitrogens is 1. The maximum Gasteiger partial charge on any atom is 0.472 e. The summed E-state index contributed by atoms with van der Waals surface area (Å²) in [6, 6.07) is -0.853. The molecule has 0 aliphatic rings. The van der Waals surface area contributed by atoms with Crippen LogP contribution < -0.4 is 5.32 Å². The van der Waals surface area contributed by atoms with Gasteiger partial charge in [0.1, 0.15) is 19.3 Å². The summed E-state index contributed by atoms with van der Waals surface area (Å²) in [5.74, 6) is -0.495. The van der Waals surface area contributed by atoms with E-state index in [1.54, 1.807) is 0 Å². The second kappa shape index (κ2) is 70.3. The van der Waals surface area contributed by atoms with E-state index >= 15 is 0 Å². The molecule has 3 unspecified atom stereocenters. The molecule has 10 heteroatoms. The van der Waals surface area contributed by atoms with Gasteiger partial charge in [0.2, 0.25) is 5.91 Å². The van der Waals surface area contributed by atoms with E-state index in [-0.39, 0.29) is 31.5 Å². The summed E-state index contributed by atoms with van der Waals surface area (Å²) >= 11 is 0. The minimum atomic E-state index is -4.46. The maximum atomic E-state index is 13.7. The summed E-state index contributed by atoms with van der Waals surface area (Å²) in [5.41, 5.74) is 0. The smallest absolute Gasteiger partial charge is 0.456 e. The fourth-order valence-corrected chi connectivity index (χ4v) is 12.4. The molecule has 1 amide bonds. The number of hydrogen-bond donors (Lipinski definition) is 2. The first-order valence-corrected chi connectivity index (χ1v) is 40.8. The van der Waals surface area contributed by atoms with Crippen molar-refractivity contribution in [3.63, 3.8) is 0 Å². The molecule has 0 aromatic heterocycles. The van der Waals surface area contributed by atoms with Crippen molar-refractivity contribution in [1.82, 2.24) is 5.32 Å². The van der Waals surface area contributed by atoms with Crippen LogP contribution >= 0.6 is 7.82 Å². The van der Waals surface area contributed by atoms with Crippen molar-refractivity contribution in [3.8, 4) is 0 Å². The Labute approximate surface area is 565 Å². The molecule has 0 spiro atoms. The summed E-state index contributed by atoms with van der Waals surface area (Å²) in [5, 5.41) is 3.08. The van der Waals surface area contributed by atoms with Crippen molar-refractivity contribution in [2.24, 2.45) is 0 Å². The zero-order valence-corrected chi connectivity index (χ0v) is 62.0. The number of nitrogens with zero attached hydrogens (tertiary/aromatic N) is 1. The molecular formula is C81H152N2O7P+. The molecule has 0 fully saturated rings. The van der Waals surface area contributed by atoms with Crippen molar-refractivity contribution in [1.29, 1.82) is 0 Å². The van der Waals surface area contributed by atoms with Crippen molar-refractivity contribution < 1.29 is 37.3 Å². The molecule has 0 aromatic rings. The molecule has 3 atom stereocenters. The molecular weight excluding hydrogens is 1140 g/mol. The molecule has 9 nitrogen and oxygen atoms in total. The van der Waals surface area contributed by atoms with Gasteiger partial charge < -0.3 is 19.4 Å². The molecule has 0 radical (unpaired) electrons. The van der Waals surface area contributed by atoms with Gasteiger partial charge in [-0.3, -0.25) is 18.6 Å². The Hall–Kier alpha value is -2.55. The lowest BCUT2D eigenvalue weighted by Gasteiger charge is -2.27. The van der Waals surface area contributed by atoms with Gasteiger partial charge in [-0.25, -0.2) is 4.57 Å². The molecule has 2 N–H and O–H groups in total. The normalized spacial score (nSPS) is 13.8. The van der Waals surface area contributed by atoms with Crippen LogP contribution in [0.4, 0.5) is 0 Å². The predicted octanol–water partition coefficient (Wildman–Crippen LogP) is 25.5. The van der Waals surface area contributed by atoms with Gasteiger partial charge in [-0.05, 0) is 76.7 Å². The Kier molecular flexibility index (Phi) is 68.3. The lowest BCUT2D eigenvalue weighted by atomic mass is 10.0. The maximum absolute atomic E-state index is 13.7. The number of carbonyl (C=O) groups excluding carboxylic acids is 2. The van der Waals surface area contributed by atoms with E-state index in [0.717, 1.165) is 103 Å². The fourth-order valence-electron chi connectivity index (χ4n) is 11.7. The van der Waals surface area contributed by atoms with Crippen LogP contribution in [0.3, 0.4) is 0 Å². The average molecular weight is 1300 g/mol. The zero-order chi connectivity index (χ0) is 66.3. The number of rotatable bonds is 72. The average Bonchev–Trinajstić information content (AvgIpc) is 3.70. The zero-order valence-electron chi connectivity index (χ0n) is 61.1. The topological polar surface area (TPSA) is 111 Å². The molecule has 0 bridgehead atoms. The van der Waals surface area contributed by atoms with Gasteiger partial charge in [0.05, 0.1) is 33.8 Å². The summed E-state index contributed by atoms with van der Waals surface area (Å²) in [6.45, 7) is 6.96. The van der Waals surface area contributed by atoms with E-state index in [4.69, 9.17) is 13.8 Å². The van der Waals surface area contributed by atoms with Crippen molar-refractivity contribution in [2.45, 2.75) is 392 Å². The molecule has 0 rings (SSSR count). The number of unbranched alkanes of at least 4 members (excludes halogenated alkanes) is 46. The number of nitrogens with one attached hydrogen (secondary N) is 1. The molecule has 0 saturated carbocycles. The molecule has 532 valence electrons. The third-order valence-corrected chi connectivity index (χ3v) is 18.6. The van der Waals surface area contributed by atoms with Gasteiger partial charge >= 0.3 is 13.8 Å². The summed E-state index contributed by atoms with van der Waals surface area (Å²) < 4.78 is 30.9. The lowest BCUT2D eigenvalue weighted by Crippen LogP contribution is -2.47. The van der Waals surface area contributed by atoms with Gasteiger partial charge in [-0.15, -0.1) is 0 Å². The van der Waals surface area contributed by atoms with Crippen LogP contribution in [0.1, 0.15) is 380 Å². The van der Waals surface area contributed by atoms with Crippen LogP contribution in [0.15, 0.2) is 72.9 Å². The van der Waals surface area contributed by atoms with E-state index in [9.17, 15) is 19.0 Å². The highest BCUT2D eigenvalue weighted by molar-refractivity contribution is 7.47. The van der Waals surface area contributed by atoms with E-state index in [1.165, 1.54) is 244 Å². The second-order valence-electron chi connectivity index (χ2n) is 27.9. The largest absolute Gasteiger partial charge is 0.472 e. The summed E-state index contributed by atoms with van der Waals surface area (Å²) in [6.07, 6.45) is 93.6. The fraction of sp³-hybridized carbons (Fsp3) is 0.827. The third kappa shape index (κ3) is 71.6. The van der Waals surface area contributed by atoms with Crippen LogP contribution in [0.2, 0.25) is 0 Å². The minimum Gasteiger partial charge on any atom is -0.456 e. The second-order valence-corrected chi connectivity index (χ2v) is 29.3. The third-order valence-electron chi connectivity index (χ3n) is 17.7. The van der Waals surface area contributed by atoms with Gasteiger partial charge in [0.25, 0.3) is 0 Å². The standard InChI is InChI=1S/C81H151N2O7P/c1-7-10-13-16-19-22-25-28-30-32-34-36-38-40-41-43-44-46-48-50-52-55-58-61-64-67-70-73-80(84)82-78(77-89-91(86,87)88-76-75-83(4,5)6)79(72-69-66-63-60-57-54-27-24-21-18-15-12-9-3)90-81(85)74-71-68-65-62-59-56-53-51-49-47-45-42-39-37-35-33-31-29-26-23-20-17-14-11-8-2/h11,14,20,23,29,31,35,37,42,45,69,72,78-79H,7-10,12-13,15-19,21-22,24-28,30,32-34,36,38-41,43-44,46-68,70-71,73-77H2,1-6H3,(H-,82,84,86,87)/p+1/b14-11-,23-20-,31-29-,37-35-,45-42-,72-69+. The van der Waals surface area contributed by atoms with Crippen molar-refractivity contribution >= 4 is 19.7 Å². The van der Waals surface area contributed by atoms with Crippen LogP contribution in [0.5, 0.6) is 0 Å². The number of phosphoric ester groups is 1. The van der Waals surface area contributed by atoms with E-state index in [0.29, 0.717) is 17.4 Å². The number of phosphoric acid groups is 1. The SMILES string of the molecule is CC/C=C\C/C=C\C/C=C\C/C=C\C/C=C\CCCCCCCCCCCC(=O)OC(/C=C/CCCCCCCCCCCCC)C(COP(=O)(O)OCC[N+](C)(C)C)NC(=O)CCCCCCCCCCCCCCCCCCCCCCCCCCCCC. The first-order valence-electron chi connectivity index (χ1n) is 39.3. The number of likely N-dealkylation sites (N-methyl/N-ethyl adjacent to an activating group) is 1. The molecule has 91 heavy (non-hydrogen) atoms. The first kappa shape index (κ1) is 88.5. The van der Waals surface area contributed by atoms with Gasteiger partial charge in [0.15, 0.2) is 0 Å². The Morgan fingerprint density at radius 1 is 0.396 bits per heavy atom. The molecule has 0 aliphatic carbocycles. The highest BCUT2D eigenvalue weighted by Gasteiger charge is 2.30. The Bertz CT molecular complexity index is 1780. The van der Waals surface area contributed by atoms with Crippen LogP contribution in [-0.2, 0) is 27.9 Å². The predicted molar refractivity (Wildman–Crippen MR) is 397 cm³/mol. The molecule has 0 saturated heterocycles. The van der Waals surface area contributed by atoms with Crippen LogP contribution in [0.25, 0.3) is 0 Å². The van der Waals surface area contributed by atoms with Gasteiger partial charge in [-0.2, -0.15) is 0 Å². The highest BCUT2D eigenvalue weighted by atomic mass is 31.2. The van der Waals surface area contributed by atoms with Crippen LogP contribution in [-0.4, -0.2) is 74.3 Å². The minimum absolute atomic E-state index is 0.0393. The van der Waals surface area contributed by atoms with Gasteiger partial charge in [0, 0.05) is 12.8 Å². The molecule has 0 aliphatic heterocycles. The molecule has 0 heterocycles. The highest BCUT2D eigenvalue weighted by Crippen LogP contribution is 2.43. The lowest BCUT2D eigenvalue weighted by molar-refractivity contribution is -0.870. The Morgan fingerprint density at radius 3 is 1.05 bits per heavy atom. The van der Waals surface area contributed by atoms with Crippen molar-refractivity contribution in [2.75, 3.05) is 40.9 Å². The number of ether oxygens (including phenoxy) is 1. The van der Waals surface area contributed by atoms with Crippen molar-refractivity contribution in [3.05, 3.63) is 72.9 Å². The monoisotopic (exact) mass is 1300 g/mol. The Morgan fingerprint density at radius 2 is 0.703 bits per heavy atom. The van der Waals surface area contributed by atoms with E-state index in [1.807, 2.05) is 27.2 Å². The Balaban J connectivity index is 4.97. The number of carbonyl (C=O) groups is 2. The van der Waals surface area contributed by atoms with Crippen LogP contribution in [0, 0.1) is 0 Å². The van der Waals surface area contributed by atoms with E-state index in [2.05, 4.69) is 92.9 Å².